The van der Waals surface area contributed by atoms with Gasteiger partial charge in [0.1, 0.15) is 5.82 Å². The van der Waals surface area contributed by atoms with E-state index in [0.29, 0.717) is 11.8 Å². The van der Waals surface area contributed by atoms with Crippen LogP contribution in [0.2, 0.25) is 0 Å². The second-order valence-corrected chi connectivity index (χ2v) is 5.80. The van der Waals surface area contributed by atoms with Crippen molar-refractivity contribution in [3.05, 3.63) is 18.2 Å². The molecule has 1 aromatic rings. The highest BCUT2D eigenvalue weighted by Gasteiger charge is 2.31. The van der Waals surface area contributed by atoms with Crippen molar-refractivity contribution in [1.82, 2.24) is 14.5 Å². The highest BCUT2D eigenvalue weighted by Crippen LogP contribution is 2.29. The van der Waals surface area contributed by atoms with E-state index in [1.54, 1.807) is 0 Å². The largest absolute Gasteiger partial charge is 0.334 e. The fourth-order valence-corrected chi connectivity index (χ4v) is 3.01. The van der Waals surface area contributed by atoms with Crippen molar-refractivity contribution in [1.29, 1.82) is 5.26 Å². The first-order valence-electron chi connectivity index (χ1n) is 7.27. The van der Waals surface area contributed by atoms with Crippen molar-refractivity contribution < 1.29 is 0 Å². The number of nitriles is 1. The molecule has 0 spiro atoms. The Morgan fingerprint density at radius 3 is 2.95 bits per heavy atom. The molecule has 1 saturated heterocycles. The fourth-order valence-electron chi connectivity index (χ4n) is 3.01. The number of hydrogen-bond acceptors (Lipinski definition) is 3. The van der Waals surface area contributed by atoms with Crippen LogP contribution in [0.15, 0.2) is 12.4 Å². The van der Waals surface area contributed by atoms with Crippen LogP contribution >= 0.6 is 0 Å². The van der Waals surface area contributed by atoms with E-state index in [4.69, 9.17) is 0 Å². The average molecular weight is 260 g/mol. The molecule has 4 nitrogen and oxygen atoms in total. The molecule has 1 aromatic heterocycles. The molecule has 1 aliphatic rings. The van der Waals surface area contributed by atoms with E-state index in [9.17, 15) is 5.26 Å². The maximum absolute atomic E-state index is 9.25. The first kappa shape index (κ1) is 14.1. The van der Waals surface area contributed by atoms with Crippen LogP contribution in [0.3, 0.4) is 0 Å². The molecular formula is C15H24N4. The number of aryl methyl sites for hydroxylation is 1. The van der Waals surface area contributed by atoms with Crippen molar-refractivity contribution in [3.8, 4) is 6.07 Å². The molecule has 1 fully saturated rings. The van der Waals surface area contributed by atoms with Gasteiger partial charge in [0.15, 0.2) is 0 Å². The summed E-state index contributed by atoms with van der Waals surface area (Å²) in [6.45, 7) is 10.5. The van der Waals surface area contributed by atoms with Crippen molar-refractivity contribution in [2.45, 2.75) is 40.3 Å². The average Bonchev–Trinajstić information content (AvgIpc) is 2.85. The minimum Gasteiger partial charge on any atom is -0.334 e. The number of aromatic nitrogens is 2. The van der Waals surface area contributed by atoms with Crippen LogP contribution in [0.1, 0.15) is 33.0 Å². The van der Waals surface area contributed by atoms with Gasteiger partial charge in [-0.15, -0.1) is 0 Å². The third kappa shape index (κ3) is 3.16. The molecule has 0 bridgehead atoms. The Morgan fingerprint density at radius 2 is 2.32 bits per heavy atom. The smallest absolute Gasteiger partial charge is 0.122 e. The summed E-state index contributed by atoms with van der Waals surface area (Å²) < 4.78 is 2.20. The Kier molecular flexibility index (Phi) is 4.60. The highest BCUT2D eigenvalue weighted by atomic mass is 15.2. The number of nitrogens with zero attached hydrogens (tertiary/aromatic N) is 4. The predicted octanol–water partition coefficient (Wildman–Crippen LogP) is 2.52. The van der Waals surface area contributed by atoms with Gasteiger partial charge in [-0.25, -0.2) is 4.98 Å². The van der Waals surface area contributed by atoms with E-state index < -0.39 is 0 Å². The molecule has 2 heterocycles. The van der Waals surface area contributed by atoms with Gasteiger partial charge in [-0.1, -0.05) is 13.8 Å². The van der Waals surface area contributed by atoms with Gasteiger partial charge in [0, 0.05) is 25.5 Å². The SMILES string of the molecule is CCn1ccnc1CN1CCC(C#N)C(C(C)C)C1. The maximum atomic E-state index is 9.25. The van der Waals surface area contributed by atoms with Crippen molar-refractivity contribution in [3.63, 3.8) is 0 Å². The Hall–Kier alpha value is -1.34. The lowest BCUT2D eigenvalue weighted by atomic mass is 9.79. The lowest BCUT2D eigenvalue weighted by Crippen LogP contribution is -2.42. The molecule has 2 atom stereocenters. The van der Waals surface area contributed by atoms with Crippen LogP contribution < -0.4 is 0 Å². The van der Waals surface area contributed by atoms with Crippen LogP contribution in [-0.4, -0.2) is 27.5 Å². The van der Waals surface area contributed by atoms with E-state index >= 15 is 0 Å². The zero-order chi connectivity index (χ0) is 13.8. The molecule has 2 unspecified atom stereocenters. The Bertz CT molecular complexity index is 443. The van der Waals surface area contributed by atoms with Gasteiger partial charge in [0.25, 0.3) is 0 Å². The van der Waals surface area contributed by atoms with E-state index in [-0.39, 0.29) is 5.92 Å². The molecular weight excluding hydrogens is 236 g/mol. The molecule has 1 aliphatic heterocycles. The van der Waals surface area contributed by atoms with E-state index in [2.05, 4.69) is 41.3 Å². The minimum absolute atomic E-state index is 0.224. The quantitative estimate of drug-likeness (QED) is 0.835. The van der Waals surface area contributed by atoms with Gasteiger partial charge < -0.3 is 4.57 Å². The first-order valence-corrected chi connectivity index (χ1v) is 7.27. The topological polar surface area (TPSA) is 44.9 Å². The molecule has 0 aliphatic carbocycles. The van der Waals surface area contributed by atoms with E-state index in [1.165, 1.54) is 0 Å². The number of piperidine rings is 1. The lowest BCUT2D eigenvalue weighted by Gasteiger charge is -2.37. The molecule has 2 rings (SSSR count). The van der Waals surface area contributed by atoms with Crippen LogP contribution in [-0.2, 0) is 13.1 Å². The summed E-state index contributed by atoms with van der Waals surface area (Å²) in [5, 5.41) is 9.25. The molecule has 0 N–H and O–H groups in total. The normalized spacial score (nSPS) is 24.6. The molecule has 19 heavy (non-hydrogen) atoms. The van der Waals surface area contributed by atoms with E-state index in [1.807, 2.05) is 12.4 Å². The highest BCUT2D eigenvalue weighted by molar-refractivity contribution is 4.97. The van der Waals surface area contributed by atoms with Crippen LogP contribution in [0.4, 0.5) is 0 Å². The summed E-state index contributed by atoms with van der Waals surface area (Å²) in [5.41, 5.74) is 0. The third-order valence-corrected chi connectivity index (χ3v) is 4.27. The van der Waals surface area contributed by atoms with Gasteiger partial charge in [-0.3, -0.25) is 4.90 Å². The predicted molar refractivity (Wildman–Crippen MR) is 75.2 cm³/mol. The summed E-state index contributed by atoms with van der Waals surface area (Å²) in [5.74, 6) is 2.42. The van der Waals surface area contributed by atoms with Gasteiger partial charge in [0.2, 0.25) is 0 Å². The van der Waals surface area contributed by atoms with Crippen LogP contribution in [0.5, 0.6) is 0 Å². The van der Waals surface area contributed by atoms with Gasteiger partial charge in [0.05, 0.1) is 18.5 Å². The third-order valence-electron chi connectivity index (χ3n) is 4.27. The van der Waals surface area contributed by atoms with Crippen LogP contribution in [0, 0.1) is 29.1 Å². The zero-order valence-corrected chi connectivity index (χ0v) is 12.2. The second kappa shape index (κ2) is 6.21. The van der Waals surface area contributed by atoms with Gasteiger partial charge in [-0.2, -0.15) is 5.26 Å². The Balaban J connectivity index is 2.01. The molecule has 104 valence electrons. The summed E-state index contributed by atoms with van der Waals surface area (Å²) >= 11 is 0. The van der Waals surface area contributed by atoms with Crippen molar-refractivity contribution in [2.24, 2.45) is 17.8 Å². The number of hydrogen-bond donors (Lipinski definition) is 0. The van der Waals surface area contributed by atoms with Gasteiger partial charge >= 0.3 is 0 Å². The zero-order valence-electron chi connectivity index (χ0n) is 12.2. The summed E-state index contributed by atoms with van der Waals surface area (Å²) in [4.78, 5) is 6.90. The van der Waals surface area contributed by atoms with Crippen molar-refractivity contribution >= 4 is 0 Å². The summed E-state index contributed by atoms with van der Waals surface area (Å²) in [7, 11) is 0. The molecule has 4 heteroatoms. The summed E-state index contributed by atoms with van der Waals surface area (Å²) in [6.07, 6.45) is 4.91. The Morgan fingerprint density at radius 1 is 1.53 bits per heavy atom. The van der Waals surface area contributed by atoms with Crippen molar-refractivity contribution in [2.75, 3.05) is 13.1 Å². The number of likely N-dealkylation sites (tertiary alicyclic amines) is 1. The Labute approximate surface area is 116 Å². The molecule has 0 aromatic carbocycles. The summed E-state index contributed by atoms with van der Waals surface area (Å²) in [6, 6.07) is 2.49. The monoisotopic (exact) mass is 260 g/mol. The first-order chi connectivity index (χ1) is 9.15. The standard InChI is InChI=1S/C15H24N4/c1-4-19-8-6-17-15(19)11-18-7-5-13(9-16)14(10-18)12(2)3/h6,8,12-14H,4-5,7,10-11H2,1-3H3. The number of imidazole rings is 1. The number of rotatable bonds is 4. The molecule has 0 radical (unpaired) electrons. The maximum Gasteiger partial charge on any atom is 0.122 e. The fraction of sp³-hybridized carbons (Fsp3) is 0.733. The molecule has 0 amide bonds. The molecule has 0 saturated carbocycles. The second-order valence-electron chi connectivity index (χ2n) is 5.80. The minimum atomic E-state index is 0.224. The van der Waals surface area contributed by atoms with Gasteiger partial charge in [-0.05, 0) is 31.7 Å². The lowest BCUT2D eigenvalue weighted by molar-refractivity contribution is 0.105. The van der Waals surface area contributed by atoms with Crippen LogP contribution in [0.25, 0.3) is 0 Å². The van der Waals surface area contributed by atoms with E-state index in [0.717, 1.165) is 38.4 Å².